The first-order valence-electron chi connectivity index (χ1n) is 14.2. The van der Waals surface area contributed by atoms with E-state index < -0.39 is 0 Å². The van der Waals surface area contributed by atoms with Crippen molar-refractivity contribution in [1.82, 2.24) is 20.2 Å². The van der Waals surface area contributed by atoms with Crippen molar-refractivity contribution in [2.75, 3.05) is 31.5 Å². The number of anilines is 1. The van der Waals surface area contributed by atoms with Crippen LogP contribution in [0.3, 0.4) is 0 Å². The van der Waals surface area contributed by atoms with E-state index in [1.54, 1.807) is 0 Å². The Kier molecular flexibility index (Phi) is 10.1. The second-order valence-corrected chi connectivity index (χ2v) is 10.8. The number of piperidine rings is 1. The number of nitrogens with zero attached hydrogens (tertiary/aromatic N) is 3. The summed E-state index contributed by atoms with van der Waals surface area (Å²) in [6.45, 7) is 7.00. The van der Waals surface area contributed by atoms with Crippen molar-refractivity contribution >= 4 is 17.5 Å². The highest BCUT2D eigenvalue weighted by Gasteiger charge is 2.27. The second kappa shape index (κ2) is 13.7. The number of benzene rings is 1. The van der Waals surface area contributed by atoms with Gasteiger partial charge in [-0.1, -0.05) is 37.3 Å². The van der Waals surface area contributed by atoms with Crippen molar-refractivity contribution in [3.05, 3.63) is 53.5 Å². The van der Waals surface area contributed by atoms with E-state index in [9.17, 15) is 9.59 Å². The molecular formula is C30H43N5O2. The van der Waals surface area contributed by atoms with Crippen LogP contribution in [0.5, 0.6) is 0 Å². The predicted molar refractivity (Wildman–Crippen MR) is 148 cm³/mol. The molecule has 1 aliphatic heterocycles. The lowest BCUT2D eigenvalue weighted by Gasteiger charge is -2.32. The molecule has 0 bridgehead atoms. The minimum Gasteiger partial charge on any atom is -0.369 e. The number of nitrogens with one attached hydrogen (secondary N) is 2. The maximum absolute atomic E-state index is 13.3. The van der Waals surface area contributed by atoms with Crippen LogP contribution in [0.15, 0.2) is 36.7 Å². The van der Waals surface area contributed by atoms with Crippen molar-refractivity contribution in [1.29, 1.82) is 0 Å². The Morgan fingerprint density at radius 2 is 1.70 bits per heavy atom. The molecular weight excluding hydrogens is 462 g/mol. The predicted octanol–water partition coefficient (Wildman–Crippen LogP) is 5.12. The van der Waals surface area contributed by atoms with Crippen molar-refractivity contribution in [3.63, 3.8) is 0 Å². The third-order valence-corrected chi connectivity index (χ3v) is 8.11. The van der Waals surface area contributed by atoms with E-state index in [4.69, 9.17) is 0 Å². The lowest BCUT2D eigenvalue weighted by atomic mass is 9.79. The van der Waals surface area contributed by atoms with Gasteiger partial charge in [-0.15, -0.1) is 0 Å². The molecule has 1 saturated carbocycles. The second-order valence-electron chi connectivity index (χ2n) is 10.8. The van der Waals surface area contributed by atoms with Crippen LogP contribution in [0.4, 0.5) is 5.82 Å². The molecule has 1 aromatic carbocycles. The van der Waals surface area contributed by atoms with Crippen LogP contribution in [0.1, 0.15) is 92.2 Å². The molecule has 0 radical (unpaired) electrons. The van der Waals surface area contributed by atoms with Crippen LogP contribution in [0, 0.1) is 12.8 Å². The van der Waals surface area contributed by atoms with E-state index in [-0.39, 0.29) is 5.91 Å². The molecule has 2 aliphatic rings. The molecule has 37 heavy (non-hydrogen) atoms. The van der Waals surface area contributed by atoms with E-state index in [0.29, 0.717) is 55.3 Å². The topological polar surface area (TPSA) is 87.2 Å². The van der Waals surface area contributed by atoms with Crippen LogP contribution in [-0.2, 0) is 4.79 Å². The van der Waals surface area contributed by atoms with Crippen molar-refractivity contribution in [2.24, 2.45) is 5.92 Å². The third-order valence-electron chi connectivity index (χ3n) is 8.11. The fourth-order valence-electron chi connectivity index (χ4n) is 5.77. The SMILES string of the molecule is CCCC(=O)CCNC1CCN(C(=O)c2ncnc(NCC3CCC(c4ccccc4)CC3)c2C)CC1. The van der Waals surface area contributed by atoms with E-state index >= 15 is 0 Å². The first-order valence-corrected chi connectivity index (χ1v) is 14.2. The summed E-state index contributed by atoms with van der Waals surface area (Å²) in [6.07, 6.45) is 10.3. The molecule has 0 atom stereocenters. The smallest absolute Gasteiger partial charge is 0.272 e. The Morgan fingerprint density at radius 1 is 0.973 bits per heavy atom. The summed E-state index contributed by atoms with van der Waals surface area (Å²) < 4.78 is 0. The number of hydrogen-bond acceptors (Lipinski definition) is 6. The molecule has 1 amide bonds. The minimum absolute atomic E-state index is 0.0112. The Morgan fingerprint density at radius 3 is 2.41 bits per heavy atom. The molecule has 7 heteroatoms. The molecule has 200 valence electrons. The number of Topliss-reactive ketones (excluding diaryl/α,β-unsaturated/α-hetero) is 1. The Balaban J connectivity index is 1.23. The van der Waals surface area contributed by atoms with E-state index in [2.05, 4.69) is 50.9 Å². The van der Waals surface area contributed by atoms with Gasteiger partial charge in [-0.05, 0) is 69.3 Å². The summed E-state index contributed by atoms with van der Waals surface area (Å²) in [5, 5.41) is 7.02. The number of carbonyl (C=O) groups excluding carboxylic acids is 2. The first-order chi connectivity index (χ1) is 18.0. The Hall–Kier alpha value is -2.80. The summed E-state index contributed by atoms with van der Waals surface area (Å²) in [5.41, 5.74) is 2.80. The van der Waals surface area contributed by atoms with Crippen LogP contribution < -0.4 is 10.6 Å². The van der Waals surface area contributed by atoms with Gasteiger partial charge in [-0.2, -0.15) is 0 Å². The maximum atomic E-state index is 13.3. The van der Waals surface area contributed by atoms with Crippen molar-refractivity contribution in [3.8, 4) is 0 Å². The lowest BCUT2D eigenvalue weighted by molar-refractivity contribution is -0.119. The number of likely N-dealkylation sites (tertiary alicyclic amines) is 1. The molecule has 4 rings (SSSR count). The van der Waals surface area contributed by atoms with Gasteiger partial charge < -0.3 is 15.5 Å². The molecule has 1 aliphatic carbocycles. The molecule has 2 fully saturated rings. The quantitative estimate of drug-likeness (QED) is 0.441. The Bertz CT molecular complexity index is 1010. The van der Waals surface area contributed by atoms with Crippen molar-refractivity contribution in [2.45, 2.75) is 83.6 Å². The van der Waals surface area contributed by atoms with Gasteiger partial charge in [0.05, 0.1) is 0 Å². The van der Waals surface area contributed by atoms with Crippen LogP contribution in [0.2, 0.25) is 0 Å². The molecule has 2 N–H and O–H groups in total. The number of hydrogen-bond donors (Lipinski definition) is 2. The average Bonchev–Trinajstić information content (AvgIpc) is 2.93. The zero-order chi connectivity index (χ0) is 26.0. The monoisotopic (exact) mass is 505 g/mol. The Labute approximate surface area is 221 Å². The summed E-state index contributed by atoms with van der Waals surface area (Å²) >= 11 is 0. The number of aromatic nitrogens is 2. The molecule has 1 saturated heterocycles. The van der Waals surface area contributed by atoms with Gasteiger partial charge >= 0.3 is 0 Å². The summed E-state index contributed by atoms with van der Waals surface area (Å²) in [7, 11) is 0. The van der Waals surface area contributed by atoms with E-state index in [1.807, 2.05) is 18.7 Å². The highest BCUT2D eigenvalue weighted by Crippen LogP contribution is 2.35. The normalized spacial score (nSPS) is 20.5. The highest BCUT2D eigenvalue weighted by molar-refractivity contribution is 5.94. The lowest BCUT2D eigenvalue weighted by Crippen LogP contribution is -2.45. The van der Waals surface area contributed by atoms with Gasteiger partial charge in [-0.3, -0.25) is 9.59 Å². The first kappa shape index (κ1) is 27.2. The number of carbonyl (C=O) groups is 2. The molecule has 2 heterocycles. The number of amides is 1. The van der Waals surface area contributed by atoms with Gasteiger partial charge in [0.25, 0.3) is 5.91 Å². The largest absolute Gasteiger partial charge is 0.369 e. The minimum atomic E-state index is -0.0112. The molecule has 0 unspecified atom stereocenters. The molecule has 7 nitrogen and oxygen atoms in total. The standard InChI is InChI=1S/C30H43N5O2/c1-3-7-27(36)14-17-31-26-15-18-35(19-16-26)30(37)28-22(2)29(34-21-33-28)32-20-23-10-12-25(13-11-23)24-8-5-4-6-9-24/h4-6,8-9,21,23,25-26,31H,3,7,10-20H2,1-2H3,(H,32,33,34). The van der Waals surface area contributed by atoms with Gasteiger partial charge in [0.1, 0.15) is 23.6 Å². The van der Waals surface area contributed by atoms with Gasteiger partial charge in [0.2, 0.25) is 0 Å². The zero-order valence-corrected chi connectivity index (χ0v) is 22.5. The van der Waals surface area contributed by atoms with Gasteiger partial charge in [0.15, 0.2) is 0 Å². The van der Waals surface area contributed by atoms with Crippen molar-refractivity contribution < 1.29 is 9.59 Å². The van der Waals surface area contributed by atoms with Gasteiger partial charge in [-0.25, -0.2) is 9.97 Å². The average molecular weight is 506 g/mol. The van der Waals surface area contributed by atoms with E-state index in [0.717, 1.165) is 43.7 Å². The molecule has 2 aromatic rings. The molecule has 1 aromatic heterocycles. The summed E-state index contributed by atoms with van der Waals surface area (Å²) in [5.74, 6) is 2.38. The zero-order valence-electron chi connectivity index (χ0n) is 22.5. The van der Waals surface area contributed by atoms with E-state index in [1.165, 1.54) is 37.6 Å². The maximum Gasteiger partial charge on any atom is 0.272 e. The fourth-order valence-corrected chi connectivity index (χ4v) is 5.77. The molecule has 0 spiro atoms. The fraction of sp³-hybridized carbons (Fsp3) is 0.600. The number of ketones is 1. The third kappa shape index (κ3) is 7.60. The van der Waals surface area contributed by atoms with Crippen LogP contribution in [0.25, 0.3) is 0 Å². The van der Waals surface area contributed by atoms with Gasteiger partial charge in [0, 0.05) is 50.6 Å². The summed E-state index contributed by atoms with van der Waals surface area (Å²) in [6, 6.07) is 11.2. The highest BCUT2D eigenvalue weighted by atomic mass is 16.2. The van der Waals surface area contributed by atoms with Crippen LogP contribution >= 0.6 is 0 Å². The van der Waals surface area contributed by atoms with Crippen LogP contribution in [-0.4, -0.2) is 58.8 Å². The number of rotatable bonds is 11. The summed E-state index contributed by atoms with van der Waals surface area (Å²) in [4.78, 5) is 35.7.